The number of carboxylic acid groups (broad SMARTS) is 1. The molecule has 0 rings (SSSR count). The number of carbonyl (C=O) groups excluding carboxylic acids is 2. The lowest BCUT2D eigenvalue weighted by molar-refractivity contribution is -0.870. The number of carbonyl (C=O) groups is 3. The molecule has 0 aliphatic carbocycles. The van der Waals surface area contributed by atoms with Crippen molar-refractivity contribution in [2.24, 2.45) is 0 Å². The van der Waals surface area contributed by atoms with E-state index in [1.807, 2.05) is 21.1 Å². The molecule has 0 heterocycles. The van der Waals surface area contributed by atoms with Gasteiger partial charge in [-0.15, -0.1) is 0 Å². The number of nitrogens with zero attached hydrogens (tertiary/aromatic N) is 1. The van der Waals surface area contributed by atoms with E-state index < -0.39 is 18.4 Å². The fourth-order valence-electron chi connectivity index (χ4n) is 11.7. The largest absolute Gasteiger partial charge is 0.477 e. The molecule has 1 N–H and O–H groups in total. The zero-order valence-corrected chi connectivity index (χ0v) is 59.9. The zero-order valence-electron chi connectivity index (χ0n) is 59.9. The molecule has 0 bridgehead atoms. The standard InChI is InChI=1S/C80H149NO8/c1-6-8-10-12-14-16-18-20-22-24-26-28-30-32-34-36-38-39-41-43-45-47-49-51-53-55-57-59-61-63-65-67-69-71-78(83)89-76(75-88-80(79(84)85)86-73-72-81(3,4)5)74-87-77(82)70-68-66-64-62-60-58-56-54-52-50-48-46-44-42-40-37-35-33-31-29-27-25-23-21-19-17-15-13-11-9-7-2/h8,10,14,16,20,22,26,28,76,80H,6-7,9,11-13,15,17-19,21,23-25,27,29-75H2,1-5H3/p+1/b10-8-,16-14-,22-20-,28-26-. The predicted octanol–water partition coefficient (Wildman–Crippen LogP) is 24.5. The lowest BCUT2D eigenvalue weighted by Gasteiger charge is -2.25. The van der Waals surface area contributed by atoms with Crippen LogP contribution in [0.5, 0.6) is 0 Å². The molecule has 2 unspecified atom stereocenters. The van der Waals surface area contributed by atoms with Crippen LogP contribution in [0.1, 0.15) is 386 Å². The number of aliphatic carboxylic acids is 1. The Hall–Kier alpha value is -2.75. The number of rotatable bonds is 73. The highest BCUT2D eigenvalue weighted by Gasteiger charge is 2.25. The SMILES string of the molecule is CC/C=C\C/C=C\C/C=C\C/C=C\CCCCCCCCCCCCCCCCCCCCCCC(=O)OC(COC(=O)CCCCCCCCCCCCCCCCCCCCCCCCCCCCCCCCC)COC(OCC[N+](C)(C)C)C(=O)O. The number of quaternary nitrogens is 1. The quantitative estimate of drug-likeness (QED) is 0.0211. The Morgan fingerprint density at radius 3 is 0.955 bits per heavy atom. The number of allylic oxidation sites excluding steroid dienone is 8. The van der Waals surface area contributed by atoms with Gasteiger partial charge < -0.3 is 28.5 Å². The molecule has 0 aromatic carbocycles. The van der Waals surface area contributed by atoms with Crippen LogP contribution < -0.4 is 0 Å². The molecule has 0 saturated heterocycles. The molecule has 9 nitrogen and oxygen atoms in total. The molecule has 0 fully saturated rings. The van der Waals surface area contributed by atoms with Gasteiger partial charge >= 0.3 is 17.9 Å². The molecule has 522 valence electrons. The Labute approximate surface area is 553 Å². The number of likely N-dealkylation sites (N-methyl/N-ethyl adjacent to an activating group) is 1. The summed E-state index contributed by atoms with van der Waals surface area (Å²) in [5.74, 6) is -1.97. The Morgan fingerprint density at radius 1 is 0.348 bits per heavy atom. The van der Waals surface area contributed by atoms with Crippen LogP contribution in [0.2, 0.25) is 0 Å². The van der Waals surface area contributed by atoms with E-state index in [-0.39, 0.29) is 38.2 Å². The van der Waals surface area contributed by atoms with E-state index in [2.05, 4.69) is 62.5 Å². The third-order valence-electron chi connectivity index (χ3n) is 17.6. The van der Waals surface area contributed by atoms with Gasteiger partial charge in [-0.05, 0) is 51.4 Å². The van der Waals surface area contributed by atoms with E-state index in [1.54, 1.807) is 0 Å². The monoisotopic (exact) mass is 1250 g/mol. The molecule has 0 radical (unpaired) electrons. The van der Waals surface area contributed by atoms with Gasteiger partial charge in [0.2, 0.25) is 0 Å². The van der Waals surface area contributed by atoms with Gasteiger partial charge in [-0.2, -0.15) is 0 Å². The maximum Gasteiger partial charge on any atom is 0.361 e. The second kappa shape index (κ2) is 71.1. The van der Waals surface area contributed by atoms with Crippen molar-refractivity contribution in [3.8, 4) is 0 Å². The molecule has 0 spiro atoms. The minimum absolute atomic E-state index is 0.176. The fourth-order valence-corrected chi connectivity index (χ4v) is 11.7. The molecular formula is C80H150NO8+. The van der Waals surface area contributed by atoms with Crippen molar-refractivity contribution in [1.29, 1.82) is 0 Å². The van der Waals surface area contributed by atoms with Crippen LogP contribution in [0.4, 0.5) is 0 Å². The number of carboxylic acids is 1. The van der Waals surface area contributed by atoms with E-state index in [4.69, 9.17) is 18.9 Å². The lowest BCUT2D eigenvalue weighted by atomic mass is 10.0. The first-order valence-electron chi connectivity index (χ1n) is 38.8. The van der Waals surface area contributed by atoms with Gasteiger partial charge in [0.15, 0.2) is 6.10 Å². The van der Waals surface area contributed by atoms with E-state index in [0.29, 0.717) is 17.4 Å². The summed E-state index contributed by atoms with van der Waals surface area (Å²) in [5, 5.41) is 9.77. The van der Waals surface area contributed by atoms with Crippen molar-refractivity contribution >= 4 is 17.9 Å². The minimum Gasteiger partial charge on any atom is -0.477 e. The lowest BCUT2D eigenvalue weighted by Crippen LogP contribution is -2.40. The summed E-state index contributed by atoms with van der Waals surface area (Å²) in [7, 11) is 6.00. The molecule has 0 aromatic heterocycles. The van der Waals surface area contributed by atoms with Gasteiger partial charge in [-0.25, -0.2) is 4.79 Å². The second-order valence-corrected chi connectivity index (χ2v) is 27.7. The molecule has 9 heteroatoms. The first-order chi connectivity index (χ1) is 43.6. The van der Waals surface area contributed by atoms with Gasteiger partial charge in [0.05, 0.1) is 34.4 Å². The van der Waals surface area contributed by atoms with Crippen molar-refractivity contribution < 1.29 is 42.9 Å². The first kappa shape index (κ1) is 86.2. The van der Waals surface area contributed by atoms with Crippen LogP contribution in [0.15, 0.2) is 48.6 Å². The van der Waals surface area contributed by atoms with Gasteiger partial charge in [0.25, 0.3) is 6.29 Å². The number of hydrogen-bond donors (Lipinski definition) is 1. The van der Waals surface area contributed by atoms with E-state index >= 15 is 0 Å². The molecule has 0 saturated carbocycles. The highest BCUT2D eigenvalue weighted by molar-refractivity contribution is 5.71. The van der Waals surface area contributed by atoms with Crippen molar-refractivity contribution in [2.45, 2.75) is 399 Å². The summed E-state index contributed by atoms with van der Waals surface area (Å²) in [5.41, 5.74) is 0. The molecule has 0 amide bonds. The maximum atomic E-state index is 13.0. The molecule has 89 heavy (non-hydrogen) atoms. The summed E-state index contributed by atoms with van der Waals surface area (Å²) >= 11 is 0. The molecule has 2 atom stereocenters. The van der Waals surface area contributed by atoms with E-state index in [9.17, 15) is 19.5 Å². The van der Waals surface area contributed by atoms with Crippen molar-refractivity contribution in [2.75, 3.05) is 47.5 Å². The van der Waals surface area contributed by atoms with Crippen LogP contribution in [0.25, 0.3) is 0 Å². The topological polar surface area (TPSA) is 108 Å². The normalized spacial score (nSPS) is 12.9. The predicted molar refractivity (Wildman–Crippen MR) is 383 cm³/mol. The number of unbranched alkanes of at least 4 members (excludes halogenated alkanes) is 50. The summed E-state index contributed by atoms with van der Waals surface area (Å²) < 4.78 is 23.1. The van der Waals surface area contributed by atoms with Crippen molar-refractivity contribution in [3.05, 3.63) is 48.6 Å². The Bertz CT molecular complexity index is 1600. The van der Waals surface area contributed by atoms with Gasteiger partial charge in [0, 0.05) is 12.8 Å². The fraction of sp³-hybridized carbons (Fsp3) is 0.863. The van der Waals surface area contributed by atoms with Crippen LogP contribution in [-0.2, 0) is 33.3 Å². The minimum atomic E-state index is -1.51. The number of esters is 2. The summed E-state index contributed by atoms with van der Waals surface area (Å²) in [4.78, 5) is 37.7. The molecule has 0 aliphatic heterocycles. The maximum absolute atomic E-state index is 13.0. The second-order valence-electron chi connectivity index (χ2n) is 27.7. The van der Waals surface area contributed by atoms with Gasteiger partial charge in [-0.1, -0.05) is 371 Å². The van der Waals surface area contributed by atoms with Crippen LogP contribution in [0, 0.1) is 0 Å². The molecular weight excluding hydrogens is 1100 g/mol. The van der Waals surface area contributed by atoms with E-state index in [1.165, 1.54) is 295 Å². The van der Waals surface area contributed by atoms with Gasteiger partial charge in [0.1, 0.15) is 13.2 Å². The zero-order chi connectivity index (χ0) is 64.7. The van der Waals surface area contributed by atoms with Crippen molar-refractivity contribution in [3.63, 3.8) is 0 Å². The Balaban J connectivity index is 3.99. The van der Waals surface area contributed by atoms with Crippen LogP contribution in [-0.4, -0.2) is 87.4 Å². The number of ether oxygens (including phenoxy) is 4. The number of hydrogen-bond acceptors (Lipinski definition) is 7. The van der Waals surface area contributed by atoms with Crippen LogP contribution >= 0.6 is 0 Å². The summed E-state index contributed by atoms with van der Waals surface area (Å²) in [6, 6.07) is 0. The highest BCUT2D eigenvalue weighted by atomic mass is 16.7. The Kier molecular flexibility index (Phi) is 68.9. The highest BCUT2D eigenvalue weighted by Crippen LogP contribution is 2.20. The van der Waals surface area contributed by atoms with E-state index in [0.717, 1.165) is 64.2 Å². The first-order valence-corrected chi connectivity index (χ1v) is 38.8. The van der Waals surface area contributed by atoms with Crippen LogP contribution in [0.3, 0.4) is 0 Å². The molecule has 0 aliphatic rings. The smallest absolute Gasteiger partial charge is 0.361 e. The average molecular weight is 1250 g/mol. The Morgan fingerprint density at radius 2 is 0.640 bits per heavy atom. The van der Waals surface area contributed by atoms with Crippen molar-refractivity contribution in [1.82, 2.24) is 0 Å². The summed E-state index contributed by atoms with van der Waals surface area (Å²) in [6.07, 6.45) is 89.8. The molecule has 0 aromatic rings. The third-order valence-corrected chi connectivity index (χ3v) is 17.6. The summed E-state index contributed by atoms with van der Waals surface area (Å²) in [6.45, 7) is 4.84. The average Bonchev–Trinajstić information content (AvgIpc) is 3.64. The van der Waals surface area contributed by atoms with Gasteiger partial charge in [-0.3, -0.25) is 9.59 Å². The third kappa shape index (κ3) is 72.5.